The van der Waals surface area contributed by atoms with E-state index in [9.17, 15) is 4.79 Å². The van der Waals surface area contributed by atoms with Crippen molar-refractivity contribution in [2.24, 2.45) is 5.92 Å². The molecule has 0 fully saturated rings. The van der Waals surface area contributed by atoms with Gasteiger partial charge in [-0.2, -0.15) is 0 Å². The van der Waals surface area contributed by atoms with E-state index < -0.39 is 0 Å². The van der Waals surface area contributed by atoms with Gasteiger partial charge in [0.25, 0.3) is 0 Å². The summed E-state index contributed by atoms with van der Waals surface area (Å²) in [5.74, 6) is 0.310. The highest BCUT2D eigenvalue weighted by molar-refractivity contribution is 5.55. The maximum Gasteiger partial charge on any atom is 0.123 e. The van der Waals surface area contributed by atoms with Crippen LogP contribution in [-0.4, -0.2) is 24.8 Å². The molecule has 0 aromatic heterocycles. The Hall–Kier alpha value is -0.790. The standard InChI is InChI=1S/C11H17NO/c1-12-6-2-3-10-7-9(8-13)4-5-11(10)12/h8-9H,2-7H2,1H3. The van der Waals surface area contributed by atoms with Gasteiger partial charge in [0.1, 0.15) is 6.29 Å². The first-order valence-corrected chi connectivity index (χ1v) is 5.18. The van der Waals surface area contributed by atoms with Crippen LogP contribution in [-0.2, 0) is 4.79 Å². The first kappa shape index (κ1) is 8.79. The molecule has 0 radical (unpaired) electrons. The molecule has 0 saturated carbocycles. The van der Waals surface area contributed by atoms with Gasteiger partial charge in [-0.05, 0) is 32.1 Å². The highest BCUT2D eigenvalue weighted by atomic mass is 16.1. The number of aldehydes is 1. The minimum absolute atomic E-state index is 0.310. The Morgan fingerprint density at radius 1 is 1.46 bits per heavy atom. The number of allylic oxidation sites excluding steroid dienone is 2. The molecular formula is C11H17NO. The molecule has 0 N–H and O–H groups in total. The van der Waals surface area contributed by atoms with Crippen LogP contribution in [0, 0.1) is 5.92 Å². The summed E-state index contributed by atoms with van der Waals surface area (Å²) in [4.78, 5) is 13.1. The molecule has 2 heteroatoms. The Labute approximate surface area is 79.6 Å². The van der Waals surface area contributed by atoms with Crippen molar-refractivity contribution in [1.29, 1.82) is 0 Å². The lowest BCUT2D eigenvalue weighted by Gasteiger charge is -2.35. The van der Waals surface area contributed by atoms with Crippen LogP contribution in [0.1, 0.15) is 32.1 Å². The van der Waals surface area contributed by atoms with Crippen molar-refractivity contribution < 1.29 is 4.79 Å². The van der Waals surface area contributed by atoms with Crippen molar-refractivity contribution in [2.45, 2.75) is 32.1 Å². The number of nitrogens with zero attached hydrogens (tertiary/aromatic N) is 1. The molecule has 2 nitrogen and oxygen atoms in total. The van der Waals surface area contributed by atoms with Crippen LogP contribution in [0.5, 0.6) is 0 Å². The van der Waals surface area contributed by atoms with Gasteiger partial charge >= 0.3 is 0 Å². The van der Waals surface area contributed by atoms with Gasteiger partial charge in [0.05, 0.1) is 0 Å². The average molecular weight is 179 g/mol. The Balaban J connectivity index is 2.16. The summed E-state index contributed by atoms with van der Waals surface area (Å²) in [5, 5.41) is 0. The third-order valence-corrected chi connectivity index (χ3v) is 3.29. The van der Waals surface area contributed by atoms with Crippen LogP contribution in [0.15, 0.2) is 11.3 Å². The quantitative estimate of drug-likeness (QED) is 0.573. The Morgan fingerprint density at radius 3 is 3.08 bits per heavy atom. The fourth-order valence-electron chi connectivity index (χ4n) is 2.52. The fraction of sp³-hybridized carbons (Fsp3) is 0.727. The van der Waals surface area contributed by atoms with E-state index in [0.29, 0.717) is 5.92 Å². The monoisotopic (exact) mass is 179 g/mol. The summed E-state index contributed by atoms with van der Waals surface area (Å²) in [6.07, 6.45) is 6.84. The van der Waals surface area contributed by atoms with E-state index in [1.54, 1.807) is 5.57 Å². The van der Waals surface area contributed by atoms with E-state index >= 15 is 0 Å². The SMILES string of the molecule is CN1CCCC2=C1CCC(C=O)C2. The summed E-state index contributed by atoms with van der Waals surface area (Å²) in [6, 6.07) is 0. The third-order valence-electron chi connectivity index (χ3n) is 3.29. The zero-order valence-electron chi connectivity index (χ0n) is 8.25. The maximum absolute atomic E-state index is 10.7. The van der Waals surface area contributed by atoms with E-state index in [2.05, 4.69) is 11.9 Å². The van der Waals surface area contributed by atoms with Crippen molar-refractivity contribution in [1.82, 2.24) is 4.90 Å². The Bertz CT molecular complexity index is 244. The van der Waals surface area contributed by atoms with Crippen LogP contribution in [0.25, 0.3) is 0 Å². The second-order valence-corrected chi connectivity index (χ2v) is 4.21. The molecule has 13 heavy (non-hydrogen) atoms. The smallest absolute Gasteiger partial charge is 0.123 e. The normalized spacial score (nSPS) is 28.7. The molecule has 0 bridgehead atoms. The van der Waals surface area contributed by atoms with Gasteiger partial charge in [0.2, 0.25) is 0 Å². The third kappa shape index (κ3) is 1.62. The highest BCUT2D eigenvalue weighted by Crippen LogP contribution is 2.35. The molecule has 1 unspecified atom stereocenters. The van der Waals surface area contributed by atoms with Crippen LogP contribution >= 0.6 is 0 Å². The molecule has 1 heterocycles. The van der Waals surface area contributed by atoms with Gasteiger partial charge in [0, 0.05) is 25.2 Å². The molecule has 0 amide bonds. The van der Waals surface area contributed by atoms with Crippen LogP contribution < -0.4 is 0 Å². The Kier molecular flexibility index (Phi) is 2.38. The summed E-state index contributed by atoms with van der Waals surface area (Å²) in [6.45, 7) is 1.20. The molecule has 72 valence electrons. The van der Waals surface area contributed by atoms with Crippen LogP contribution in [0.3, 0.4) is 0 Å². The molecule has 2 aliphatic rings. The zero-order chi connectivity index (χ0) is 9.26. The topological polar surface area (TPSA) is 20.3 Å². The number of carbonyl (C=O) groups is 1. The van der Waals surface area contributed by atoms with Crippen molar-refractivity contribution in [3.05, 3.63) is 11.3 Å². The minimum atomic E-state index is 0.310. The summed E-state index contributed by atoms with van der Waals surface area (Å²) >= 11 is 0. The molecule has 1 aliphatic heterocycles. The molecule has 0 aromatic carbocycles. The van der Waals surface area contributed by atoms with Gasteiger partial charge in [-0.1, -0.05) is 5.57 Å². The first-order chi connectivity index (χ1) is 6.31. The molecule has 1 aliphatic carbocycles. The number of hydrogen-bond acceptors (Lipinski definition) is 2. The van der Waals surface area contributed by atoms with Gasteiger partial charge in [-0.25, -0.2) is 0 Å². The van der Waals surface area contributed by atoms with E-state index in [-0.39, 0.29) is 0 Å². The van der Waals surface area contributed by atoms with E-state index in [1.807, 2.05) is 0 Å². The lowest BCUT2D eigenvalue weighted by molar-refractivity contribution is -0.111. The lowest BCUT2D eigenvalue weighted by atomic mass is 9.83. The molecular weight excluding hydrogens is 162 g/mol. The summed E-state index contributed by atoms with van der Waals surface area (Å²) in [5.41, 5.74) is 3.08. The predicted octanol–water partition coefficient (Wildman–Crippen LogP) is 1.97. The molecule has 0 aromatic rings. The van der Waals surface area contributed by atoms with Crippen molar-refractivity contribution in [3.63, 3.8) is 0 Å². The van der Waals surface area contributed by atoms with Crippen molar-refractivity contribution in [2.75, 3.05) is 13.6 Å². The number of carbonyl (C=O) groups excluding carboxylic acids is 1. The van der Waals surface area contributed by atoms with Crippen LogP contribution in [0.2, 0.25) is 0 Å². The van der Waals surface area contributed by atoms with Crippen molar-refractivity contribution in [3.8, 4) is 0 Å². The van der Waals surface area contributed by atoms with E-state index in [1.165, 1.54) is 25.1 Å². The maximum atomic E-state index is 10.7. The average Bonchev–Trinajstić information content (AvgIpc) is 2.18. The van der Waals surface area contributed by atoms with Gasteiger partial charge < -0.3 is 9.69 Å². The molecule has 0 spiro atoms. The summed E-state index contributed by atoms with van der Waals surface area (Å²) in [7, 11) is 2.18. The van der Waals surface area contributed by atoms with Crippen molar-refractivity contribution >= 4 is 6.29 Å². The first-order valence-electron chi connectivity index (χ1n) is 5.18. The summed E-state index contributed by atoms with van der Waals surface area (Å²) < 4.78 is 0. The fourth-order valence-corrected chi connectivity index (χ4v) is 2.52. The van der Waals surface area contributed by atoms with Crippen LogP contribution in [0.4, 0.5) is 0 Å². The van der Waals surface area contributed by atoms with E-state index in [0.717, 1.165) is 25.5 Å². The second kappa shape index (κ2) is 3.52. The number of rotatable bonds is 1. The Morgan fingerprint density at radius 2 is 2.31 bits per heavy atom. The lowest BCUT2D eigenvalue weighted by Crippen LogP contribution is -2.28. The molecule has 0 saturated heterocycles. The van der Waals surface area contributed by atoms with Gasteiger partial charge in [-0.15, -0.1) is 0 Å². The largest absolute Gasteiger partial charge is 0.378 e. The zero-order valence-corrected chi connectivity index (χ0v) is 8.25. The number of hydrogen-bond donors (Lipinski definition) is 0. The predicted molar refractivity (Wildman–Crippen MR) is 52.3 cm³/mol. The van der Waals surface area contributed by atoms with Gasteiger partial charge in [-0.3, -0.25) is 0 Å². The van der Waals surface area contributed by atoms with E-state index in [4.69, 9.17) is 0 Å². The molecule has 2 rings (SSSR count). The minimum Gasteiger partial charge on any atom is -0.378 e. The van der Waals surface area contributed by atoms with Gasteiger partial charge in [0.15, 0.2) is 0 Å². The second-order valence-electron chi connectivity index (χ2n) is 4.21. The highest BCUT2D eigenvalue weighted by Gasteiger charge is 2.24. The molecule has 1 atom stereocenters.